The van der Waals surface area contributed by atoms with Gasteiger partial charge in [-0.3, -0.25) is 4.79 Å². The van der Waals surface area contributed by atoms with E-state index in [4.69, 9.17) is 4.74 Å². The van der Waals surface area contributed by atoms with Crippen molar-refractivity contribution in [2.45, 2.75) is 25.3 Å². The van der Waals surface area contributed by atoms with E-state index in [0.29, 0.717) is 19.1 Å². The summed E-state index contributed by atoms with van der Waals surface area (Å²) in [6.07, 6.45) is 2.50. The molecule has 1 aliphatic rings. The number of benzene rings is 1. The average molecular weight is 378 g/mol. The number of carbonyl (C=O) groups excluding carboxylic acids is 1. The van der Waals surface area contributed by atoms with Crippen LogP contribution in [0.15, 0.2) is 28.7 Å². The fraction of sp³-hybridized carbons (Fsp3) is 0.533. The second-order valence-corrected chi connectivity index (χ2v) is 5.96. The van der Waals surface area contributed by atoms with Crippen LogP contribution in [0.4, 0.5) is 0 Å². The van der Waals surface area contributed by atoms with Gasteiger partial charge in [-0.25, -0.2) is 0 Å². The lowest BCUT2D eigenvalue weighted by Crippen LogP contribution is -2.44. The minimum Gasteiger partial charge on any atom is -0.493 e. The fourth-order valence-electron chi connectivity index (χ4n) is 2.39. The zero-order valence-electron chi connectivity index (χ0n) is 12.2. The number of amides is 1. The molecule has 4 nitrogen and oxygen atoms in total. The molecular formula is C15H22BrClN2O2. The summed E-state index contributed by atoms with van der Waals surface area (Å²) < 4.78 is 6.58. The summed E-state index contributed by atoms with van der Waals surface area (Å²) in [4.78, 5) is 14.0. The third-order valence-corrected chi connectivity index (χ3v) is 4.12. The molecular weight excluding hydrogens is 356 g/mol. The summed E-state index contributed by atoms with van der Waals surface area (Å²) >= 11 is 3.40. The van der Waals surface area contributed by atoms with Crippen molar-refractivity contribution in [1.29, 1.82) is 0 Å². The van der Waals surface area contributed by atoms with Gasteiger partial charge < -0.3 is 15.0 Å². The van der Waals surface area contributed by atoms with E-state index in [-0.39, 0.29) is 18.3 Å². The maximum absolute atomic E-state index is 12.1. The molecule has 2 rings (SSSR count). The lowest BCUT2D eigenvalue weighted by Gasteiger charge is -2.31. The number of ether oxygens (including phenoxy) is 1. The minimum absolute atomic E-state index is 0. The van der Waals surface area contributed by atoms with Crippen LogP contribution in [0.2, 0.25) is 0 Å². The summed E-state index contributed by atoms with van der Waals surface area (Å²) in [6.45, 7) is 2.41. The van der Waals surface area contributed by atoms with Crippen LogP contribution in [0, 0.1) is 0 Å². The molecule has 1 aliphatic heterocycles. The smallest absolute Gasteiger partial charge is 0.225 e. The van der Waals surface area contributed by atoms with Gasteiger partial charge in [-0.1, -0.05) is 22.0 Å². The Morgan fingerprint density at radius 1 is 1.43 bits per heavy atom. The van der Waals surface area contributed by atoms with E-state index in [0.717, 1.165) is 36.2 Å². The van der Waals surface area contributed by atoms with E-state index in [1.807, 2.05) is 36.2 Å². The van der Waals surface area contributed by atoms with Gasteiger partial charge in [-0.2, -0.15) is 0 Å². The maximum Gasteiger partial charge on any atom is 0.225 e. The lowest BCUT2D eigenvalue weighted by atomic mass is 10.1. The largest absolute Gasteiger partial charge is 0.493 e. The van der Waals surface area contributed by atoms with Crippen molar-refractivity contribution in [2.24, 2.45) is 0 Å². The highest BCUT2D eigenvalue weighted by molar-refractivity contribution is 9.10. The van der Waals surface area contributed by atoms with Crippen LogP contribution in [-0.2, 0) is 4.79 Å². The van der Waals surface area contributed by atoms with Crippen LogP contribution in [0.1, 0.15) is 19.3 Å². The molecule has 1 aromatic carbocycles. The van der Waals surface area contributed by atoms with E-state index in [1.165, 1.54) is 0 Å². The number of nitrogens with zero attached hydrogens (tertiary/aromatic N) is 1. The number of nitrogens with one attached hydrogen (secondary N) is 1. The highest BCUT2D eigenvalue weighted by Crippen LogP contribution is 2.18. The lowest BCUT2D eigenvalue weighted by molar-refractivity contribution is -0.132. The first-order valence-corrected chi connectivity index (χ1v) is 7.81. The molecule has 0 radical (unpaired) electrons. The fourth-order valence-corrected chi connectivity index (χ4v) is 2.77. The van der Waals surface area contributed by atoms with Gasteiger partial charge in [-0.05, 0) is 44.1 Å². The predicted octanol–water partition coefficient (Wildman–Crippen LogP) is 2.85. The topological polar surface area (TPSA) is 41.6 Å². The van der Waals surface area contributed by atoms with Crippen molar-refractivity contribution in [2.75, 3.05) is 26.7 Å². The number of hydrogen-bond donors (Lipinski definition) is 1. The molecule has 0 spiro atoms. The van der Waals surface area contributed by atoms with Crippen molar-refractivity contribution < 1.29 is 9.53 Å². The Labute approximate surface area is 140 Å². The van der Waals surface area contributed by atoms with Gasteiger partial charge in [0.2, 0.25) is 5.91 Å². The molecule has 0 atom stereocenters. The summed E-state index contributed by atoms with van der Waals surface area (Å²) in [5, 5.41) is 3.31. The maximum atomic E-state index is 12.1. The van der Waals surface area contributed by atoms with Gasteiger partial charge in [-0.15, -0.1) is 12.4 Å². The molecule has 0 bridgehead atoms. The van der Waals surface area contributed by atoms with E-state index in [2.05, 4.69) is 21.2 Å². The van der Waals surface area contributed by atoms with Crippen LogP contribution in [0.25, 0.3) is 0 Å². The quantitative estimate of drug-likeness (QED) is 0.858. The highest BCUT2D eigenvalue weighted by Gasteiger charge is 2.21. The second kappa shape index (κ2) is 9.28. The molecule has 0 saturated carbocycles. The molecule has 21 heavy (non-hydrogen) atoms. The van der Waals surface area contributed by atoms with Crippen molar-refractivity contribution in [3.63, 3.8) is 0 Å². The van der Waals surface area contributed by atoms with Crippen molar-refractivity contribution in [1.82, 2.24) is 10.2 Å². The van der Waals surface area contributed by atoms with Crippen molar-refractivity contribution >= 4 is 34.2 Å². The summed E-state index contributed by atoms with van der Waals surface area (Å²) in [7, 11) is 1.90. The molecule has 1 heterocycles. The molecule has 1 saturated heterocycles. The Kier molecular flexibility index (Phi) is 8.07. The Morgan fingerprint density at radius 3 is 2.81 bits per heavy atom. The van der Waals surface area contributed by atoms with Crippen LogP contribution >= 0.6 is 28.3 Å². The molecule has 0 aliphatic carbocycles. The number of carbonyl (C=O) groups is 1. The van der Waals surface area contributed by atoms with Crippen molar-refractivity contribution in [3.8, 4) is 5.75 Å². The Morgan fingerprint density at radius 2 is 2.14 bits per heavy atom. The number of halogens is 2. The first kappa shape index (κ1) is 18.3. The molecule has 0 unspecified atom stereocenters. The van der Waals surface area contributed by atoms with Crippen molar-refractivity contribution in [3.05, 3.63) is 28.7 Å². The third-order valence-electron chi connectivity index (χ3n) is 3.63. The van der Waals surface area contributed by atoms with Crippen LogP contribution in [0.5, 0.6) is 5.75 Å². The molecule has 0 aromatic heterocycles. The van der Waals surface area contributed by atoms with E-state index >= 15 is 0 Å². The summed E-state index contributed by atoms with van der Waals surface area (Å²) in [6, 6.07) is 8.03. The SMILES string of the molecule is CN(C(=O)CCOc1cccc(Br)c1)C1CCNCC1.Cl. The Balaban J connectivity index is 0.00000220. The van der Waals surface area contributed by atoms with Crippen LogP contribution < -0.4 is 10.1 Å². The zero-order valence-corrected chi connectivity index (χ0v) is 14.6. The molecule has 1 aromatic rings. The monoisotopic (exact) mass is 376 g/mol. The van der Waals surface area contributed by atoms with E-state index < -0.39 is 0 Å². The van der Waals surface area contributed by atoms with Crippen LogP contribution in [-0.4, -0.2) is 43.6 Å². The highest BCUT2D eigenvalue weighted by atomic mass is 79.9. The summed E-state index contributed by atoms with van der Waals surface area (Å²) in [5.74, 6) is 0.948. The van der Waals surface area contributed by atoms with Gasteiger partial charge in [0, 0.05) is 17.6 Å². The van der Waals surface area contributed by atoms with E-state index in [9.17, 15) is 4.79 Å². The van der Waals surface area contributed by atoms with E-state index in [1.54, 1.807) is 0 Å². The predicted molar refractivity (Wildman–Crippen MR) is 90.2 cm³/mol. The van der Waals surface area contributed by atoms with Gasteiger partial charge >= 0.3 is 0 Å². The standard InChI is InChI=1S/C15H21BrN2O2.ClH/c1-18(13-5-8-17-9-6-13)15(19)7-10-20-14-4-2-3-12(16)11-14;/h2-4,11,13,17H,5-10H2,1H3;1H. The minimum atomic E-state index is 0. The first-order chi connectivity index (χ1) is 9.66. The number of piperidine rings is 1. The number of hydrogen-bond acceptors (Lipinski definition) is 3. The Bertz CT molecular complexity index is 453. The first-order valence-electron chi connectivity index (χ1n) is 7.01. The average Bonchev–Trinajstić information content (AvgIpc) is 2.47. The molecule has 1 fully saturated rings. The van der Waals surface area contributed by atoms with Gasteiger partial charge in [0.1, 0.15) is 5.75 Å². The van der Waals surface area contributed by atoms with Gasteiger partial charge in [0.25, 0.3) is 0 Å². The van der Waals surface area contributed by atoms with Crippen LogP contribution in [0.3, 0.4) is 0 Å². The molecule has 1 N–H and O–H groups in total. The Hall–Kier alpha value is -0.780. The zero-order chi connectivity index (χ0) is 14.4. The molecule has 118 valence electrons. The molecule has 6 heteroatoms. The van der Waals surface area contributed by atoms with Gasteiger partial charge in [0.05, 0.1) is 13.0 Å². The second-order valence-electron chi connectivity index (χ2n) is 5.04. The normalized spacial score (nSPS) is 15.1. The molecule has 1 amide bonds. The third kappa shape index (κ3) is 5.85. The summed E-state index contributed by atoms with van der Waals surface area (Å²) in [5.41, 5.74) is 0. The number of rotatable bonds is 5. The van der Waals surface area contributed by atoms with Gasteiger partial charge in [0.15, 0.2) is 0 Å².